The number of aryl methyl sites for hydroxylation is 1. The summed E-state index contributed by atoms with van der Waals surface area (Å²) in [4.78, 5) is 19.6. The van der Waals surface area contributed by atoms with Crippen LogP contribution in [-0.2, 0) is 17.4 Å². The third kappa shape index (κ3) is 4.22. The quantitative estimate of drug-likeness (QED) is 0.898. The third-order valence-corrected chi connectivity index (χ3v) is 3.64. The number of hydrogen-bond acceptors (Lipinski definition) is 5. The van der Waals surface area contributed by atoms with E-state index in [2.05, 4.69) is 15.3 Å². The van der Waals surface area contributed by atoms with Crippen molar-refractivity contribution in [3.8, 4) is 11.5 Å². The summed E-state index contributed by atoms with van der Waals surface area (Å²) in [6.07, 6.45) is -5.29. The molecule has 0 bridgehead atoms. The summed E-state index contributed by atoms with van der Waals surface area (Å²) in [6.45, 7) is 1.60. The number of carbonyl (C=O) groups excluding carboxylic acids is 1. The number of amides is 1. The molecule has 1 aromatic heterocycles. The number of fused-ring (bicyclic) bond motifs is 1. The van der Waals surface area contributed by atoms with E-state index in [0.717, 1.165) is 6.07 Å². The highest BCUT2D eigenvalue weighted by molar-refractivity contribution is 5.81. The van der Waals surface area contributed by atoms with Gasteiger partial charge in [0.15, 0.2) is 11.5 Å². The largest absolute Gasteiger partial charge is 0.485 e. The summed E-state index contributed by atoms with van der Waals surface area (Å²) in [6, 6.07) is 7.85. The van der Waals surface area contributed by atoms with Crippen molar-refractivity contribution in [2.75, 3.05) is 13.2 Å². The van der Waals surface area contributed by atoms with Gasteiger partial charge in [-0.2, -0.15) is 13.2 Å². The molecule has 0 saturated heterocycles. The summed E-state index contributed by atoms with van der Waals surface area (Å²) in [5, 5.41) is 2.60. The molecule has 1 N–H and O–H groups in total. The first kappa shape index (κ1) is 18.0. The maximum atomic E-state index is 12.8. The second kappa shape index (κ2) is 7.19. The van der Waals surface area contributed by atoms with Crippen molar-refractivity contribution in [3.63, 3.8) is 0 Å². The van der Waals surface area contributed by atoms with Gasteiger partial charge in [0.1, 0.15) is 18.1 Å². The lowest BCUT2D eigenvalue weighted by Gasteiger charge is -2.25. The highest BCUT2D eigenvalue weighted by Gasteiger charge is 2.33. The zero-order chi connectivity index (χ0) is 18.7. The second-order valence-corrected chi connectivity index (χ2v) is 5.71. The minimum absolute atomic E-state index is 0.0174. The van der Waals surface area contributed by atoms with Gasteiger partial charge in [-0.05, 0) is 25.1 Å². The Morgan fingerprint density at radius 2 is 2.00 bits per heavy atom. The molecule has 0 spiro atoms. The molecule has 0 saturated carbocycles. The van der Waals surface area contributed by atoms with Crippen LogP contribution in [0.15, 0.2) is 30.3 Å². The summed E-state index contributed by atoms with van der Waals surface area (Å²) in [5.41, 5.74) is -0.777. The standard InChI is InChI=1S/C17H16F3N3O3/c1-10-8-14(17(18,19)20)23-15(22-10)6-7-21-16(24)13-9-25-11-4-2-3-5-12(11)26-13/h2-5,8,13H,6-7,9H2,1H3,(H,21,24)/t13-/m0/s1. The number of hydrogen-bond donors (Lipinski definition) is 1. The Hall–Kier alpha value is -2.84. The lowest BCUT2D eigenvalue weighted by atomic mass is 10.2. The Bertz CT molecular complexity index is 811. The van der Waals surface area contributed by atoms with Gasteiger partial charge in [0.25, 0.3) is 5.91 Å². The van der Waals surface area contributed by atoms with E-state index in [0.29, 0.717) is 11.5 Å². The molecule has 0 fully saturated rings. The molecule has 6 nitrogen and oxygen atoms in total. The number of rotatable bonds is 4. The minimum atomic E-state index is -4.54. The Morgan fingerprint density at radius 1 is 1.27 bits per heavy atom. The van der Waals surface area contributed by atoms with Gasteiger partial charge < -0.3 is 14.8 Å². The van der Waals surface area contributed by atoms with E-state index in [-0.39, 0.29) is 31.1 Å². The summed E-state index contributed by atoms with van der Waals surface area (Å²) >= 11 is 0. The number of para-hydroxylation sites is 2. The molecule has 1 aliphatic heterocycles. The summed E-state index contributed by atoms with van der Waals surface area (Å²) < 4.78 is 49.3. The highest BCUT2D eigenvalue weighted by atomic mass is 19.4. The molecule has 9 heteroatoms. The number of ether oxygens (including phenoxy) is 2. The first-order chi connectivity index (χ1) is 12.3. The SMILES string of the molecule is Cc1cc(C(F)(F)F)nc(CCNC(=O)[C@@H]2COc3ccccc3O2)n1. The van der Waals surface area contributed by atoms with Crippen molar-refractivity contribution >= 4 is 5.91 Å². The van der Waals surface area contributed by atoms with Gasteiger partial charge in [-0.15, -0.1) is 0 Å². The average Bonchev–Trinajstić information content (AvgIpc) is 2.60. The molecule has 1 atom stereocenters. The fourth-order valence-electron chi connectivity index (χ4n) is 2.45. The molecule has 0 radical (unpaired) electrons. The lowest BCUT2D eigenvalue weighted by Crippen LogP contribution is -2.44. The van der Waals surface area contributed by atoms with Crippen molar-refractivity contribution in [2.45, 2.75) is 25.6 Å². The molecule has 1 aromatic carbocycles. The topological polar surface area (TPSA) is 73.3 Å². The number of nitrogens with one attached hydrogen (secondary N) is 1. The first-order valence-corrected chi connectivity index (χ1v) is 7.91. The Balaban J connectivity index is 1.56. The van der Waals surface area contributed by atoms with Crippen LogP contribution in [0.5, 0.6) is 11.5 Å². The van der Waals surface area contributed by atoms with Crippen LogP contribution in [0, 0.1) is 6.92 Å². The molecule has 26 heavy (non-hydrogen) atoms. The number of benzene rings is 1. The number of nitrogens with zero attached hydrogens (tertiary/aromatic N) is 2. The number of alkyl halides is 3. The highest BCUT2D eigenvalue weighted by Crippen LogP contribution is 2.31. The van der Waals surface area contributed by atoms with Gasteiger partial charge in [0.05, 0.1) is 0 Å². The minimum Gasteiger partial charge on any atom is -0.485 e. The van der Waals surface area contributed by atoms with Crippen LogP contribution >= 0.6 is 0 Å². The molecule has 0 aliphatic carbocycles. The fourth-order valence-corrected chi connectivity index (χ4v) is 2.45. The van der Waals surface area contributed by atoms with E-state index in [9.17, 15) is 18.0 Å². The number of aromatic nitrogens is 2. The van der Waals surface area contributed by atoms with Gasteiger partial charge in [0, 0.05) is 18.7 Å². The van der Waals surface area contributed by atoms with Crippen molar-refractivity contribution in [2.24, 2.45) is 0 Å². The van der Waals surface area contributed by atoms with Crippen LogP contribution in [0.3, 0.4) is 0 Å². The fraction of sp³-hybridized carbons (Fsp3) is 0.353. The monoisotopic (exact) mass is 367 g/mol. The van der Waals surface area contributed by atoms with E-state index in [1.807, 2.05) is 0 Å². The normalized spacial score (nSPS) is 16.2. The van der Waals surface area contributed by atoms with Crippen LogP contribution in [0.1, 0.15) is 17.2 Å². The van der Waals surface area contributed by atoms with Gasteiger partial charge in [-0.1, -0.05) is 12.1 Å². The molecule has 1 amide bonds. The lowest BCUT2D eigenvalue weighted by molar-refractivity contribution is -0.141. The molecular weight excluding hydrogens is 351 g/mol. The Kier molecular flexibility index (Phi) is 4.97. The van der Waals surface area contributed by atoms with Crippen LogP contribution < -0.4 is 14.8 Å². The van der Waals surface area contributed by atoms with Gasteiger partial charge >= 0.3 is 6.18 Å². The van der Waals surface area contributed by atoms with Gasteiger partial charge in [-0.3, -0.25) is 4.79 Å². The first-order valence-electron chi connectivity index (χ1n) is 7.91. The Morgan fingerprint density at radius 3 is 2.73 bits per heavy atom. The molecule has 138 valence electrons. The van der Waals surface area contributed by atoms with E-state index < -0.39 is 23.9 Å². The van der Waals surface area contributed by atoms with Crippen molar-refractivity contribution in [1.29, 1.82) is 0 Å². The van der Waals surface area contributed by atoms with E-state index >= 15 is 0 Å². The van der Waals surface area contributed by atoms with E-state index in [4.69, 9.17) is 9.47 Å². The average molecular weight is 367 g/mol. The molecule has 2 heterocycles. The smallest absolute Gasteiger partial charge is 0.433 e. The molecule has 2 aromatic rings. The van der Waals surface area contributed by atoms with Crippen LogP contribution in [-0.4, -0.2) is 35.1 Å². The van der Waals surface area contributed by atoms with E-state index in [1.54, 1.807) is 24.3 Å². The maximum Gasteiger partial charge on any atom is 0.433 e. The van der Waals surface area contributed by atoms with Gasteiger partial charge in [-0.25, -0.2) is 9.97 Å². The third-order valence-electron chi connectivity index (χ3n) is 3.64. The molecular formula is C17H16F3N3O3. The van der Waals surface area contributed by atoms with Crippen LogP contribution in [0.2, 0.25) is 0 Å². The summed E-state index contributed by atoms with van der Waals surface area (Å²) in [7, 11) is 0. The maximum absolute atomic E-state index is 12.8. The second-order valence-electron chi connectivity index (χ2n) is 5.71. The van der Waals surface area contributed by atoms with E-state index in [1.165, 1.54) is 6.92 Å². The van der Waals surface area contributed by atoms with Crippen molar-refractivity contribution in [3.05, 3.63) is 47.5 Å². The predicted molar refractivity (Wildman–Crippen MR) is 84.8 cm³/mol. The zero-order valence-corrected chi connectivity index (χ0v) is 13.8. The molecule has 3 rings (SSSR count). The predicted octanol–water partition coefficient (Wildman–Crippen LogP) is 2.30. The van der Waals surface area contributed by atoms with Crippen molar-refractivity contribution < 1.29 is 27.4 Å². The Labute approximate surface area is 147 Å². The van der Waals surface area contributed by atoms with Gasteiger partial charge in [0.2, 0.25) is 6.10 Å². The van der Waals surface area contributed by atoms with Crippen molar-refractivity contribution in [1.82, 2.24) is 15.3 Å². The number of halogens is 3. The van der Waals surface area contributed by atoms with Crippen LogP contribution in [0.25, 0.3) is 0 Å². The number of carbonyl (C=O) groups is 1. The molecule has 0 unspecified atom stereocenters. The molecule has 1 aliphatic rings. The zero-order valence-electron chi connectivity index (χ0n) is 13.8. The summed E-state index contributed by atoms with van der Waals surface area (Å²) in [5.74, 6) is 0.632. The van der Waals surface area contributed by atoms with Crippen LogP contribution in [0.4, 0.5) is 13.2 Å².